The molecular weight excluding hydrogens is 368 g/mol. The fourth-order valence-corrected chi connectivity index (χ4v) is 3.24. The van der Waals surface area contributed by atoms with Crippen LogP contribution < -0.4 is 10.2 Å². The summed E-state index contributed by atoms with van der Waals surface area (Å²) >= 11 is 0. The van der Waals surface area contributed by atoms with Crippen molar-refractivity contribution >= 4 is 28.5 Å². The van der Waals surface area contributed by atoms with E-state index in [2.05, 4.69) is 19.2 Å². The Kier molecular flexibility index (Phi) is 6.67. The van der Waals surface area contributed by atoms with E-state index in [1.54, 1.807) is 24.3 Å². The molecule has 0 aliphatic carbocycles. The lowest BCUT2D eigenvalue weighted by molar-refractivity contribution is -0.896. The van der Waals surface area contributed by atoms with Crippen molar-refractivity contribution < 1.29 is 23.6 Å². The van der Waals surface area contributed by atoms with Gasteiger partial charge in [-0.1, -0.05) is 18.2 Å². The molecule has 0 saturated heterocycles. The number of quaternary nitrogens is 1. The molecule has 0 radical (unpaired) electrons. The van der Waals surface area contributed by atoms with Crippen LogP contribution in [-0.4, -0.2) is 38.1 Å². The van der Waals surface area contributed by atoms with Gasteiger partial charge < -0.3 is 19.4 Å². The molecule has 6 nitrogen and oxygen atoms in total. The van der Waals surface area contributed by atoms with Gasteiger partial charge in [0.15, 0.2) is 5.76 Å². The SMILES string of the molecule is CC[NH+](CC)CCOC(=O)c1ccc(NC(=O)c2oc3ccccc3c2C)cc1. The molecule has 1 amide bonds. The quantitative estimate of drug-likeness (QED) is 0.575. The van der Waals surface area contributed by atoms with E-state index >= 15 is 0 Å². The predicted octanol–water partition coefficient (Wildman–Crippen LogP) is 3.08. The maximum absolute atomic E-state index is 12.6. The number of furan rings is 1. The highest BCUT2D eigenvalue weighted by Crippen LogP contribution is 2.25. The first kappa shape index (κ1) is 20.6. The summed E-state index contributed by atoms with van der Waals surface area (Å²) in [5.41, 5.74) is 2.52. The Balaban J connectivity index is 1.60. The van der Waals surface area contributed by atoms with Crippen molar-refractivity contribution in [3.63, 3.8) is 0 Å². The van der Waals surface area contributed by atoms with Crippen LogP contribution in [0.25, 0.3) is 11.0 Å². The van der Waals surface area contributed by atoms with Crippen LogP contribution in [-0.2, 0) is 4.74 Å². The van der Waals surface area contributed by atoms with Crippen molar-refractivity contribution in [2.75, 3.05) is 31.6 Å². The predicted molar refractivity (Wildman–Crippen MR) is 113 cm³/mol. The summed E-state index contributed by atoms with van der Waals surface area (Å²) in [6, 6.07) is 14.2. The Bertz CT molecular complexity index is 988. The van der Waals surface area contributed by atoms with Gasteiger partial charge in [-0.05, 0) is 51.1 Å². The molecule has 0 fully saturated rings. The summed E-state index contributed by atoms with van der Waals surface area (Å²) < 4.78 is 11.0. The summed E-state index contributed by atoms with van der Waals surface area (Å²) in [4.78, 5) is 26.1. The number of carbonyl (C=O) groups excluding carboxylic acids is 2. The number of fused-ring (bicyclic) bond motifs is 1. The summed E-state index contributed by atoms with van der Waals surface area (Å²) in [5, 5.41) is 3.73. The lowest BCUT2D eigenvalue weighted by Crippen LogP contribution is -3.11. The fourth-order valence-electron chi connectivity index (χ4n) is 3.24. The minimum atomic E-state index is -0.359. The first-order chi connectivity index (χ1) is 14.0. The molecular formula is C23H27N2O4+. The average molecular weight is 395 g/mol. The van der Waals surface area contributed by atoms with E-state index in [9.17, 15) is 9.59 Å². The number of hydrogen-bond acceptors (Lipinski definition) is 4. The monoisotopic (exact) mass is 395 g/mol. The van der Waals surface area contributed by atoms with Gasteiger partial charge in [-0.15, -0.1) is 0 Å². The highest BCUT2D eigenvalue weighted by molar-refractivity contribution is 6.06. The van der Waals surface area contributed by atoms with Crippen molar-refractivity contribution in [3.05, 3.63) is 65.4 Å². The molecule has 0 aliphatic heterocycles. The molecule has 152 valence electrons. The lowest BCUT2D eigenvalue weighted by atomic mass is 10.1. The van der Waals surface area contributed by atoms with Gasteiger partial charge >= 0.3 is 5.97 Å². The molecule has 0 unspecified atom stereocenters. The number of rotatable bonds is 8. The van der Waals surface area contributed by atoms with Gasteiger partial charge in [0.1, 0.15) is 18.7 Å². The normalized spacial score (nSPS) is 11.0. The first-order valence-electron chi connectivity index (χ1n) is 9.93. The number of para-hydroxylation sites is 1. The van der Waals surface area contributed by atoms with Gasteiger partial charge in [-0.25, -0.2) is 4.79 Å². The molecule has 1 heterocycles. The second-order valence-electron chi connectivity index (χ2n) is 6.93. The minimum absolute atomic E-state index is 0.286. The van der Waals surface area contributed by atoms with Crippen LogP contribution in [0.3, 0.4) is 0 Å². The molecule has 2 aromatic carbocycles. The number of amides is 1. The third kappa shape index (κ3) is 4.84. The van der Waals surface area contributed by atoms with Crippen molar-refractivity contribution in [2.24, 2.45) is 0 Å². The standard InChI is InChI=1S/C23H26N2O4/c1-4-25(5-2)14-15-28-23(27)17-10-12-18(13-11-17)24-22(26)21-16(3)19-8-6-7-9-20(19)29-21/h6-13H,4-5,14-15H2,1-3H3,(H,24,26)/p+1. The zero-order valence-corrected chi connectivity index (χ0v) is 17.1. The van der Waals surface area contributed by atoms with Crippen LogP contribution in [0.1, 0.15) is 40.3 Å². The third-order valence-corrected chi connectivity index (χ3v) is 5.12. The third-order valence-electron chi connectivity index (χ3n) is 5.12. The van der Waals surface area contributed by atoms with Crippen LogP contribution >= 0.6 is 0 Å². The second kappa shape index (κ2) is 9.39. The highest BCUT2D eigenvalue weighted by atomic mass is 16.5. The minimum Gasteiger partial charge on any atom is -0.456 e. The molecule has 2 N–H and O–H groups in total. The Morgan fingerprint density at radius 3 is 2.38 bits per heavy atom. The Hall–Kier alpha value is -3.12. The van der Waals surface area contributed by atoms with E-state index in [4.69, 9.17) is 9.15 Å². The zero-order valence-electron chi connectivity index (χ0n) is 17.1. The fraction of sp³-hybridized carbons (Fsp3) is 0.304. The van der Waals surface area contributed by atoms with Gasteiger partial charge in [-0.2, -0.15) is 0 Å². The summed E-state index contributed by atoms with van der Waals surface area (Å²) in [6.07, 6.45) is 0. The summed E-state index contributed by atoms with van der Waals surface area (Å²) in [5.74, 6) is -0.396. The van der Waals surface area contributed by atoms with Crippen LogP contribution in [0.5, 0.6) is 0 Å². The first-order valence-corrected chi connectivity index (χ1v) is 9.93. The number of carbonyl (C=O) groups is 2. The van der Waals surface area contributed by atoms with E-state index in [0.717, 1.165) is 30.6 Å². The zero-order chi connectivity index (χ0) is 20.8. The van der Waals surface area contributed by atoms with E-state index in [1.165, 1.54) is 4.90 Å². The Morgan fingerprint density at radius 2 is 1.72 bits per heavy atom. The lowest BCUT2D eigenvalue weighted by Gasteiger charge is -2.15. The van der Waals surface area contributed by atoms with Crippen molar-refractivity contribution in [3.8, 4) is 0 Å². The van der Waals surface area contributed by atoms with Crippen molar-refractivity contribution in [1.82, 2.24) is 0 Å². The summed E-state index contributed by atoms with van der Waals surface area (Å²) in [6.45, 7) is 9.28. The van der Waals surface area contributed by atoms with E-state index in [1.807, 2.05) is 31.2 Å². The maximum atomic E-state index is 12.6. The van der Waals surface area contributed by atoms with Gasteiger partial charge in [0.2, 0.25) is 0 Å². The topological polar surface area (TPSA) is 73.0 Å². The molecule has 3 rings (SSSR count). The maximum Gasteiger partial charge on any atom is 0.338 e. The number of esters is 1. The van der Waals surface area contributed by atoms with Gasteiger partial charge in [0.05, 0.1) is 18.7 Å². The van der Waals surface area contributed by atoms with Crippen LogP contribution in [0.15, 0.2) is 52.9 Å². The number of ether oxygens (including phenoxy) is 1. The van der Waals surface area contributed by atoms with E-state index in [0.29, 0.717) is 23.4 Å². The summed E-state index contributed by atoms with van der Waals surface area (Å²) in [7, 11) is 0. The molecule has 29 heavy (non-hydrogen) atoms. The second-order valence-corrected chi connectivity index (χ2v) is 6.93. The van der Waals surface area contributed by atoms with Crippen molar-refractivity contribution in [1.29, 1.82) is 0 Å². The molecule has 3 aromatic rings. The molecule has 0 spiro atoms. The molecule has 0 bridgehead atoms. The molecule has 0 aliphatic rings. The smallest absolute Gasteiger partial charge is 0.338 e. The average Bonchev–Trinajstić information content (AvgIpc) is 3.08. The number of nitrogens with one attached hydrogen (secondary N) is 2. The van der Waals surface area contributed by atoms with Crippen molar-refractivity contribution in [2.45, 2.75) is 20.8 Å². The Morgan fingerprint density at radius 1 is 1.03 bits per heavy atom. The molecule has 6 heteroatoms. The van der Waals surface area contributed by atoms with Crippen LogP contribution in [0.4, 0.5) is 5.69 Å². The van der Waals surface area contributed by atoms with E-state index < -0.39 is 0 Å². The van der Waals surface area contributed by atoms with Gasteiger partial charge in [0, 0.05) is 16.6 Å². The van der Waals surface area contributed by atoms with Gasteiger partial charge in [-0.3, -0.25) is 4.79 Å². The van der Waals surface area contributed by atoms with E-state index in [-0.39, 0.29) is 17.6 Å². The highest BCUT2D eigenvalue weighted by Gasteiger charge is 2.18. The number of hydrogen-bond donors (Lipinski definition) is 2. The Labute approximate surface area is 170 Å². The number of benzene rings is 2. The number of anilines is 1. The van der Waals surface area contributed by atoms with Gasteiger partial charge in [0.25, 0.3) is 5.91 Å². The molecule has 0 atom stereocenters. The van der Waals surface area contributed by atoms with Crippen LogP contribution in [0, 0.1) is 6.92 Å². The number of aryl methyl sites for hydroxylation is 1. The number of likely N-dealkylation sites (N-methyl/N-ethyl adjacent to an activating group) is 1. The molecule has 1 aromatic heterocycles. The molecule has 0 saturated carbocycles. The van der Waals surface area contributed by atoms with Crippen LogP contribution in [0.2, 0.25) is 0 Å². The largest absolute Gasteiger partial charge is 0.456 e.